The number of carbonyl (C=O) groups is 1. The second-order valence-electron chi connectivity index (χ2n) is 3.93. The van der Waals surface area contributed by atoms with E-state index >= 15 is 0 Å². The maximum atomic E-state index is 11.2. The highest BCUT2D eigenvalue weighted by Gasteiger charge is 2.27. The summed E-state index contributed by atoms with van der Waals surface area (Å²) >= 11 is 1.76. The van der Waals surface area contributed by atoms with Crippen molar-refractivity contribution in [3.8, 4) is 0 Å². The molecule has 0 aliphatic heterocycles. The van der Waals surface area contributed by atoms with Crippen LogP contribution in [-0.4, -0.2) is 28.0 Å². The van der Waals surface area contributed by atoms with E-state index < -0.39 is 0 Å². The number of thioether (sulfide) groups is 1. The Morgan fingerprint density at radius 1 is 1.69 bits per heavy atom. The van der Waals surface area contributed by atoms with Gasteiger partial charge in [0.05, 0.1) is 6.61 Å². The Morgan fingerprint density at radius 2 is 2.38 bits per heavy atom. The molecule has 0 aromatic heterocycles. The molecule has 76 valence electrons. The van der Waals surface area contributed by atoms with Gasteiger partial charge in [0, 0.05) is 23.3 Å². The van der Waals surface area contributed by atoms with Crippen molar-refractivity contribution < 1.29 is 9.90 Å². The number of aliphatic hydroxyl groups excluding tert-OH is 1. The minimum absolute atomic E-state index is 0.210. The molecular weight excluding hydrogens is 184 g/mol. The van der Waals surface area contributed by atoms with Gasteiger partial charge in [-0.3, -0.25) is 4.79 Å². The summed E-state index contributed by atoms with van der Waals surface area (Å²) in [6, 6.07) is 0. The molecule has 0 aromatic carbocycles. The third kappa shape index (κ3) is 3.31. The summed E-state index contributed by atoms with van der Waals surface area (Å²) in [7, 11) is 0. The molecule has 0 heterocycles. The van der Waals surface area contributed by atoms with Crippen LogP contribution in [0.3, 0.4) is 0 Å². The summed E-state index contributed by atoms with van der Waals surface area (Å²) < 4.78 is 0. The van der Waals surface area contributed by atoms with Crippen LogP contribution >= 0.6 is 11.8 Å². The molecule has 1 saturated carbocycles. The van der Waals surface area contributed by atoms with E-state index in [4.69, 9.17) is 5.11 Å². The van der Waals surface area contributed by atoms with Gasteiger partial charge in [-0.15, -0.1) is 0 Å². The van der Waals surface area contributed by atoms with Crippen LogP contribution in [0.4, 0.5) is 0 Å². The van der Waals surface area contributed by atoms with Crippen LogP contribution in [0.5, 0.6) is 0 Å². The minimum Gasteiger partial charge on any atom is -0.395 e. The van der Waals surface area contributed by atoms with Gasteiger partial charge in [-0.1, -0.05) is 13.8 Å². The number of aliphatic hydroxyl groups is 1. The zero-order chi connectivity index (χ0) is 9.84. The highest BCUT2D eigenvalue weighted by Crippen LogP contribution is 2.33. The molecule has 0 amide bonds. The average Bonchev–Trinajstić information content (AvgIpc) is 2.11. The van der Waals surface area contributed by atoms with Crippen molar-refractivity contribution in [2.75, 3.05) is 6.61 Å². The molecule has 1 rings (SSSR count). The quantitative estimate of drug-likeness (QED) is 0.759. The lowest BCUT2D eigenvalue weighted by molar-refractivity contribution is -0.120. The van der Waals surface area contributed by atoms with Gasteiger partial charge in [0.1, 0.15) is 5.78 Å². The molecule has 1 N–H and O–H groups in total. The van der Waals surface area contributed by atoms with Gasteiger partial charge in [-0.25, -0.2) is 0 Å². The maximum Gasteiger partial charge on any atom is 0.134 e. The Balaban J connectivity index is 2.41. The standard InChI is InChI=1S/C10H18O2S/c1-7-3-4-9(12)5-10(7)13-8(2)6-11/h7-8,10-11H,3-6H2,1-2H3. The number of rotatable bonds is 3. The second-order valence-corrected chi connectivity index (χ2v) is 5.61. The van der Waals surface area contributed by atoms with Gasteiger partial charge in [0.2, 0.25) is 0 Å². The summed E-state index contributed by atoms with van der Waals surface area (Å²) in [6.07, 6.45) is 2.48. The van der Waals surface area contributed by atoms with E-state index in [0.29, 0.717) is 23.4 Å². The summed E-state index contributed by atoms with van der Waals surface area (Å²) in [5, 5.41) is 9.61. The Hall–Kier alpha value is -0.0200. The Kier molecular flexibility index (Phi) is 4.26. The molecule has 3 atom stereocenters. The molecule has 0 aromatic rings. The van der Waals surface area contributed by atoms with Crippen LogP contribution < -0.4 is 0 Å². The Labute approximate surface area is 84.1 Å². The minimum atomic E-state index is 0.210. The van der Waals surface area contributed by atoms with E-state index in [-0.39, 0.29) is 11.9 Å². The number of Topliss-reactive ketones (excluding diaryl/α,β-unsaturated/α-hetero) is 1. The SMILES string of the molecule is CC(CO)SC1CC(=O)CCC1C. The molecule has 1 aliphatic rings. The first-order valence-corrected chi connectivity index (χ1v) is 5.85. The van der Waals surface area contributed by atoms with Crippen molar-refractivity contribution in [1.82, 2.24) is 0 Å². The van der Waals surface area contributed by atoms with Gasteiger partial charge >= 0.3 is 0 Å². The molecule has 13 heavy (non-hydrogen) atoms. The molecule has 3 unspecified atom stereocenters. The molecule has 1 aliphatic carbocycles. The summed E-state index contributed by atoms with van der Waals surface area (Å²) in [5.41, 5.74) is 0. The number of hydrogen-bond donors (Lipinski definition) is 1. The monoisotopic (exact) mass is 202 g/mol. The fourth-order valence-electron chi connectivity index (χ4n) is 1.63. The number of carbonyl (C=O) groups excluding carboxylic acids is 1. The fourth-order valence-corrected chi connectivity index (χ4v) is 3.00. The summed E-state index contributed by atoms with van der Waals surface area (Å²) in [5.74, 6) is 1.01. The van der Waals surface area contributed by atoms with Crippen molar-refractivity contribution in [1.29, 1.82) is 0 Å². The molecular formula is C10H18O2S. The van der Waals surface area contributed by atoms with Gasteiger partial charge < -0.3 is 5.11 Å². The Morgan fingerprint density at radius 3 is 3.00 bits per heavy atom. The van der Waals surface area contributed by atoms with Crippen LogP contribution in [0.25, 0.3) is 0 Å². The smallest absolute Gasteiger partial charge is 0.134 e. The van der Waals surface area contributed by atoms with Gasteiger partial charge in [0.15, 0.2) is 0 Å². The number of ketones is 1. The summed E-state index contributed by atoms with van der Waals surface area (Å²) in [6.45, 7) is 4.42. The third-order valence-electron chi connectivity index (χ3n) is 2.61. The van der Waals surface area contributed by atoms with Crippen LogP contribution in [0, 0.1) is 5.92 Å². The Bertz CT molecular complexity index is 182. The largest absolute Gasteiger partial charge is 0.395 e. The first-order valence-electron chi connectivity index (χ1n) is 4.91. The molecule has 2 nitrogen and oxygen atoms in total. The summed E-state index contributed by atoms with van der Waals surface area (Å²) in [4.78, 5) is 11.2. The fraction of sp³-hybridized carbons (Fsp3) is 0.900. The van der Waals surface area contributed by atoms with E-state index in [9.17, 15) is 4.79 Å². The highest BCUT2D eigenvalue weighted by atomic mass is 32.2. The normalized spacial score (nSPS) is 31.8. The van der Waals surface area contributed by atoms with Crippen LogP contribution in [0.1, 0.15) is 33.1 Å². The van der Waals surface area contributed by atoms with E-state index in [0.717, 1.165) is 12.8 Å². The molecule has 0 radical (unpaired) electrons. The van der Waals surface area contributed by atoms with Crippen molar-refractivity contribution >= 4 is 17.5 Å². The molecule has 0 bridgehead atoms. The lowest BCUT2D eigenvalue weighted by Crippen LogP contribution is -2.27. The lowest BCUT2D eigenvalue weighted by Gasteiger charge is -2.29. The predicted octanol–water partition coefficient (Wildman–Crippen LogP) is 1.86. The first-order chi connectivity index (χ1) is 6.13. The second kappa shape index (κ2) is 5.01. The van der Waals surface area contributed by atoms with Crippen LogP contribution in [0.15, 0.2) is 0 Å². The highest BCUT2D eigenvalue weighted by molar-refractivity contribution is 8.00. The average molecular weight is 202 g/mol. The van der Waals surface area contributed by atoms with Crippen LogP contribution in [-0.2, 0) is 4.79 Å². The molecule has 3 heteroatoms. The zero-order valence-corrected chi connectivity index (χ0v) is 9.14. The van der Waals surface area contributed by atoms with E-state index in [1.807, 2.05) is 6.92 Å². The zero-order valence-electron chi connectivity index (χ0n) is 8.32. The van der Waals surface area contributed by atoms with Crippen molar-refractivity contribution in [2.45, 2.75) is 43.6 Å². The van der Waals surface area contributed by atoms with E-state index in [2.05, 4.69) is 6.92 Å². The van der Waals surface area contributed by atoms with Gasteiger partial charge in [-0.2, -0.15) is 11.8 Å². The maximum absolute atomic E-state index is 11.2. The topological polar surface area (TPSA) is 37.3 Å². The lowest BCUT2D eigenvalue weighted by atomic mass is 9.89. The van der Waals surface area contributed by atoms with E-state index in [1.165, 1.54) is 0 Å². The first kappa shape index (κ1) is 11.1. The van der Waals surface area contributed by atoms with Crippen molar-refractivity contribution in [3.63, 3.8) is 0 Å². The van der Waals surface area contributed by atoms with Crippen LogP contribution in [0.2, 0.25) is 0 Å². The molecule has 0 saturated heterocycles. The number of hydrogen-bond acceptors (Lipinski definition) is 3. The predicted molar refractivity (Wildman–Crippen MR) is 55.9 cm³/mol. The third-order valence-corrected chi connectivity index (χ3v) is 4.20. The molecule has 1 fully saturated rings. The van der Waals surface area contributed by atoms with E-state index in [1.54, 1.807) is 11.8 Å². The van der Waals surface area contributed by atoms with Crippen molar-refractivity contribution in [3.05, 3.63) is 0 Å². The molecule has 0 spiro atoms. The van der Waals surface area contributed by atoms with Gasteiger partial charge in [0.25, 0.3) is 0 Å². The van der Waals surface area contributed by atoms with Gasteiger partial charge in [-0.05, 0) is 12.3 Å². The van der Waals surface area contributed by atoms with Crippen molar-refractivity contribution in [2.24, 2.45) is 5.92 Å².